The van der Waals surface area contributed by atoms with E-state index in [1.54, 1.807) is 14.2 Å². The third kappa shape index (κ3) is 2.70. The molecule has 4 atom stereocenters. The highest BCUT2D eigenvalue weighted by atomic mass is 16.7. The number of aliphatic hydroxyl groups is 1. The SMILES string of the molecule is COC[C@@]1(CCCO)O[C@H]1C[C@@]1(COC)O[C@@H]1C. The predicted octanol–water partition coefficient (Wildman–Crippen LogP) is 0.737. The van der Waals surface area contributed by atoms with Crippen molar-refractivity contribution < 1.29 is 24.1 Å². The minimum absolute atomic E-state index is 0.157. The van der Waals surface area contributed by atoms with Crippen LogP contribution in [0, 0.1) is 0 Å². The van der Waals surface area contributed by atoms with Crippen molar-refractivity contribution in [3.05, 3.63) is 0 Å². The number of ether oxygens (including phenoxy) is 4. The molecule has 2 fully saturated rings. The van der Waals surface area contributed by atoms with E-state index in [4.69, 9.17) is 24.1 Å². The van der Waals surface area contributed by atoms with Crippen molar-refractivity contribution in [2.45, 2.75) is 49.6 Å². The Bertz CT molecular complexity index is 285. The Balaban J connectivity index is 1.87. The van der Waals surface area contributed by atoms with Crippen LogP contribution < -0.4 is 0 Å². The van der Waals surface area contributed by atoms with Gasteiger partial charge in [-0.15, -0.1) is 0 Å². The van der Waals surface area contributed by atoms with Crippen LogP contribution in [0.25, 0.3) is 0 Å². The molecule has 0 spiro atoms. The molecule has 2 saturated heterocycles. The molecule has 2 aliphatic heterocycles. The lowest BCUT2D eigenvalue weighted by molar-refractivity contribution is 0.109. The van der Waals surface area contributed by atoms with Crippen molar-refractivity contribution in [2.75, 3.05) is 34.0 Å². The van der Waals surface area contributed by atoms with Crippen LogP contribution in [-0.2, 0) is 18.9 Å². The summed E-state index contributed by atoms with van der Waals surface area (Å²) >= 11 is 0. The van der Waals surface area contributed by atoms with Gasteiger partial charge in [0, 0.05) is 27.2 Å². The molecule has 2 heterocycles. The third-order valence-electron chi connectivity index (χ3n) is 4.07. The van der Waals surface area contributed by atoms with Gasteiger partial charge in [-0.2, -0.15) is 0 Å². The topological polar surface area (TPSA) is 63.8 Å². The van der Waals surface area contributed by atoms with E-state index in [9.17, 15) is 0 Å². The van der Waals surface area contributed by atoms with Gasteiger partial charge in [0.05, 0.1) is 25.4 Å². The summed E-state index contributed by atoms with van der Waals surface area (Å²) in [6.07, 6.45) is 2.81. The summed E-state index contributed by atoms with van der Waals surface area (Å²) < 4.78 is 22.0. The lowest BCUT2D eigenvalue weighted by atomic mass is 9.91. The number of epoxide rings is 2. The molecule has 5 nitrogen and oxygen atoms in total. The van der Waals surface area contributed by atoms with E-state index < -0.39 is 0 Å². The smallest absolute Gasteiger partial charge is 0.120 e. The molecule has 0 amide bonds. The van der Waals surface area contributed by atoms with Gasteiger partial charge < -0.3 is 24.1 Å². The number of rotatable bonds is 9. The van der Waals surface area contributed by atoms with Gasteiger partial charge in [0.15, 0.2) is 0 Å². The fraction of sp³-hybridized carbons (Fsp3) is 1.00. The summed E-state index contributed by atoms with van der Waals surface area (Å²) in [5, 5.41) is 8.94. The van der Waals surface area contributed by atoms with Gasteiger partial charge >= 0.3 is 0 Å². The monoisotopic (exact) mass is 260 g/mol. The molecule has 0 bridgehead atoms. The molecular formula is C13H24O5. The quantitative estimate of drug-likeness (QED) is 0.619. The van der Waals surface area contributed by atoms with E-state index in [-0.39, 0.29) is 30.0 Å². The van der Waals surface area contributed by atoms with Crippen LogP contribution in [0.4, 0.5) is 0 Å². The van der Waals surface area contributed by atoms with Crippen molar-refractivity contribution in [1.29, 1.82) is 0 Å². The highest BCUT2D eigenvalue weighted by molar-refractivity contribution is 5.11. The van der Waals surface area contributed by atoms with Gasteiger partial charge in [-0.05, 0) is 19.8 Å². The second kappa shape index (κ2) is 5.43. The molecule has 0 saturated carbocycles. The largest absolute Gasteiger partial charge is 0.396 e. The lowest BCUT2D eigenvalue weighted by Gasteiger charge is -2.14. The number of hydrogen-bond acceptors (Lipinski definition) is 5. The van der Waals surface area contributed by atoms with Crippen LogP contribution in [-0.4, -0.2) is 62.6 Å². The van der Waals surface area contributed by atoms with E-state index in [0.717, 1.165) is 19.3 Å². The molecule has 5 heteroatoms. The molecule has 0 aromatic heterocycles. The first-order valence-electron chi connectivity index (χ1n) is 6.57. The maximum Gasteiger partial charge on any atom is 0.120 e. The third-order valence-corrected chi connectivity index (χ3v) is 4.07. The number of methoxy groups -OCH3 is 2. The molecule has 18 heavy (non-hydrogen) atoms. The maximum absolute atomic E-state index is 8.94. The molecule has 106 valence electrons. The van der Waals surface area contributed by atoms with E-state index >= 15 is 0 Å². The van der Waals surface area contributed by atoms with Gasteiger partial charge in [0.1, 0.15) is 11.2 Å². The Morgan fingerprint density at radius 1 is 1.11 bits per heavy atom. The Morgan fingerprint density at radius 3 is 2.22 bits per heavy atom. The molecule has 0 unspecified atom stereocenters. The van der Waals surface area contributed by atoms with Crippen LogP contribution >= 0.6 is 0 Å². The van der Waals surface area contributed by atoms with Crippen molar-refractivity contribution in [2.24, 2.45) is 0 Å². The first-order valence-corrected chi connectivity index (χ1v) is 6.57. The fourth-order valence-electron chi connectivity index (χ4n) is 2.82. The average molecular weight is 260 g/mol. The Hall–Kier alpha value is -0.200. The first kappa shape index (κ1) is 14.2. The van der Waals surface area contributed by atoms with Crippen LogP contribution in [0.5, 0.6) is 0 Å². The van der Waals surface area contributed by atoms with E-state index in [2.05, 4.69) is 6.92 Å². The summed E-state index contributed by atoms with van der Waals surface area (Å²) in [5.41, 5.74) is -0.391. The van der Waals surface area contributed by atoms with E-state index in [0.29, 0.717) is 13.2 Å². The lowest BCUT2D eigenvalue weighted by Crippen LogP contribution is -2.29. The van der Waals surface area contributed by atoms with Crippen LogP contribution in [0.2, 0.25) is 0 Å². The van der Waals surface area contributed by atoms with Crippen molar-refractivity contribution in [3.8, 4) is 0 Å². The molecule has 0 aromatic rings. The average Bonchev–Trinajstić information content (AvgIpc) is 3.17. The normalized spacial score (nSPS) is 42.0. The summed E-state index contributed by atoms with van der Waals surface area (Å²) in [5.74, 6) is 0. The van der Waals surface area contributed by atoms with Crippen LogP contribution in [0.3, 0.4) is 0 Å². The zero-order chi connectivity index (χ0) is 13.2. The molecule has 2 aliphatic rings. The van der Waals surface area contributed by atoms with Crippen molar-refractivity contribution in [3.63, 3.8) is 0 Å². The van der Waals surface area contributed by atoms with Crippen LogP contribution in [0.1, 0.15) is 26.2 Å². The first-order chi connectivity index (χ1) is 8.62. The highest BCUT2D eigenvalue weighted by Gasteiger charge is 2.64. The Kier molecular flexibility index (Phi) is 4.29. The summed E-state index contributed by atoms with van der Waals surface area (Å²) in [6, 6.07) is 0. The standard InChI is InChI=1S/C13H24O5/c1-10-13(17-10,9-16-3)7-11-12(18-11,8-15-2)5-4-6-14/h10-11,14H,4-9H2,1-3H3/t10-,11+,12-,13+/m1/s1. The molecule has 0 aliphatic carbocycles. The molecule has 0 aromatic carbocycles. The number of aliphatic hydroxyl groups excluding tert-OH is 1. The molecule has 2 rings (SSSR count). The van der Waals surface area contributed by atoms with Crippen molar-refractivity contribution in [1.82, 2.24) is 0 Å². The molecule has 0 radical (unpaired) electrons. The number of hydrogen-bond donors (Lipinski definition) is 1. The second-order valence-corrected chi connectivity index (χ2v) is 5.39. The van der Waals surface area contributed by atoms with Gasteiger partial charge in [-0.25, -0.2) is 0 Å². The zero-order valence-electron chi connectivity index (χ0n) is 11.5. The summed E-state index contributed by atoms with van der Waals surface area (Å²) in [4.78, 5) is 0. The molecule has 1 N–H and O–H groups in total. The highest BCUT2D eigenvalue weighted by Crippen LogP contribution is 2.51. The Morgan fingerprint density at radius 2 is 1.72 bits per heavy atom. The van der Waals surface area contributed by atoms with Gasteiger partial charge in [0.25, 0.3) is 0 Å². The maximum atomic E-state index is 8.94. The minimum atomic E-state index is -0.218. The second-order valence-electron chi connectivity index (χ2n) is 5.39. The predicted molar refractivity (Wildman–Crippen MR) is 65.6 cm³/mol. The van der Waals surface area contributed by atoms with Gasteiger partial charge in [-0.1, -0.05) is 0 Å². The van der Waals surface area contributed by atoms with Crippen LogP contribution in [0.15, 0.2) is 0 Å². The zero-order valence-corrected chi connectivity index (χ0v) is 11.5. The fourth-order valence-corrected chi connectivity index (χ4v) is 2.82. The van der Waals surface area contributed by atoms with E-state index in [1.165, 1.54) is 0 Å². The Labute approximate surface area is 108 Å². The summed E-state index contributed by atoms with van der Waals surface area (Å²) in [6.45, 7) is 3.44. The molecular weight excluding hydrogens is 236 g/mol. The van der Waals surface area contributed by atoms with Gasteiger partial charge in [-0.3, -0.25) is 0 Å². The van der Waals surface area contributed by atoms with Crippen molar-refractivity contribution >= 4 is 0 Å². The minimum Gasteiger partial charge on any atom is -0.396 e. The summed E-state index contributed by atoms with van der Waals surface area (Å²) in [7, 11) is 3.37. The van der Waals surface area contributed by atoms with Gasteiger partial charge in [0.2, 0.25) is 0 Å². The van der Waals surface area contributed by atoms with E-state index in [1.807, 2.05) is 0 Å².